The molecule has 0 aliphatic heterocycles. The van der Waals surface area contributed by atoms with Gasteiger partial charge in [0.15, 0.2) is 11.6 Å². The third kappa shape index (κ3) is 4.99. The van der Waals surface area contributed by atoms with Crippen LogP contribution in [-0.2, 0) is 6.54 Å². The van der Waals surface area contributed by atoms with Crippen LogP contribution in [0.4, 0.5) is 10.1 Å². The van der Waals surface area contributed by atoms with Gasteiger partial charge in [-0.25, -0.2) is 4.39 Å². The Morgan fingerprint density at radius 3 is 2.28 bits per heavy atom. The number of methoxy groups -OCH3 is 1. The summed E-state index contributed by atoms with van der Waals surface area (Å²) in [5.41, 5.74) is 2.28. The first-order valence-corrected chi connectivity index (χ1v) is 9.02. The summed E-state index contributed by atoms with van der Waals surface area (Å²) < 4.78 is 18.7. The second-order valence-electron chi connectivity index (χ2n) is 6.53. The number of halogens is 1. The first-order valence-electron chi connectivity index (χ1n) is 9.02. The minimum atomic E-state index is -0.468. The van der Waals surface area contributed by atoms with Crippen LogP contribution < -0.4 is 10.1 Å². The molecular formula is C23H21FN2O3. The first-order chi connectivity index (χ1) is 14.0. The molecule has 0 saturated carbocycles. The molecule has 0 aromatic heterocycles. The van der Waals surface area contributed by atoms with Gasteiger partial charge in [-0.1, -0.05) is 24.3 Å². The van der Waals surface area contributed by atoms with Crippen molar-refractivity contribution < 1.29 is 18.7 Å². The molecule has 1 N–H and O–H groups in total. The van der Waals surface area contributed by atoms with Crippen molar-refractivity contribution in [2.45, 2.75) is 6.54 Å². The van der Waals surface area contributed by atoms with Gasteiger partial charge in [0.1, 0.15) is 0 Å². The van der Waals surface area contributed by atoms with Crippen molar-refractivity contribution in [3.8, 4) is 5.75 Å². The van der Waals surface area contributed by atoms with Crippen molar-refractivity contribution in [1.82, 2.24) is 4.90 Å². The van der Waals surface area contributed by atoms with E-state index in [1.54, 1.807) is 61.6 Å². The Morgan fingerprint density at radius 1 is 0.966 bits per heavy atom. The molecule has 3 rings (SSSR count). The van der Waals surface area contributed by atoms with Crippen LogP contribution in [0.15, 0.2) is 72.8 Å². The van der Waals surface area contributed by atoms with Gasteiger partial charge < -0.3 is 15.0 Å². The van der Waals surface area contributed by atoms with Crippen LogP contribution in [0.5, 0.6) is 5.75 Å². The summed E-state index contributed by atoms with van der Waals surface area (Å²) in [6, 6.07) is 20.1. The zero-order chi connectivity index (χ0) is 20.8. The van der Waals surface area contributed by atoms with Crippen LogP contribution in [0.1, 0.15) is 26.3 Å². The van der Waals surface area contributed by atoms with Gasteiger partial charge in [0, 0.05) is 30.4 Å². The molecule has 0 unspecified atom stereocenters. The largest absolute Gasteiger partial charge is 0.494 e. The highest BCUT2D eigenvalue weighted by Gasteiger charge is 2.14. The second-order valence-corrected chi connectivity index (χ2v) is 6.53. The van der Waals surface area contributed by atoms with E-state index in [1.807, 2.05) is 6.07 Å². The van der Waals surface area contributed by atoms with Crippen LogP contribution in [0.2, 0.25) is 0 Å². The predicted molar refractivity (Wildman–Crippen MR) is 110 cm³/mol. The second kappa shape index (κ2) is 9.01. The Balaban J connectivity index is 1.63. The Labute approximate surface area is 168 Å². The number of nitrogens with zero attached hydrogens (tertiary/aromatic N) is 1. The number of benzene rings is 3. The van der Waals surface area contributed by atoms with E-state index in [1.165, 1.54) is 24.1 Å². The van der Waals surface area contributed by atoms with E-state index >= 15 is 0 Å². The number of hydrogen-bond acceptors (Lipinski definition) is 3. The van der Waals surface area contributed by atoms with E-state index in [-0.39, 0.29) is 24.1 Å². The predicted octanol–water partition coefficient (Wildman–Crippen LogP) is 4.36. The van der Waals surface area contributed by atoms with Crippen molar-refractivity contribution in [3.63, 3.8) is 0 Å². The molecule has 0 heterocycles. The summed E-state index contributed by atoms with van der Waals surface area (Å²) in [6.07, 6.45) is 0. The van der Waals surface area contributed by atoms with Crippen LogP contribution in [0, 0.1) is 5.82 Å². The zero-order valence-electron chi connectivity index (χ0n) is 16.2. The number of anilines is 1. The van der Waals surface area contributed by atoms with Gasteiger partial charge in [-0.05, 0) is 54.1 Å². The molecule has 0 saturated heterocycles. The number of carbonyl (C=O) groups excluding carboxylic acids is 2. The Kier molecular flexibility index (Phi) is 6.24. The maximum atomic E-state index is 13.8. The summed E-state index contributed by atoms with van der Waals surface area (Å²) in [5.74, 6) is -0.731. The molecule has 0 aliphatic rings. The first kappa shape index (κ1) is 20.1. The highest BCUT2D eigenvalue weighted by atomic mass is 19.1. The fraction of sp³-hybridized carbons (Fsp3) is 0.130. The maximum Gasteiger partial charge on any atom is 0.255 e. The van der Waals surface area contributed by atoms with Crippen molar-refractivity contribution in [2.24, 2.45) is 0 Å². The van der Waals surface area contributed by atoms with Gasteiger partial charge in [0.05, 0.1) is 7.11 Å². The normalized spacial score (nSPS) is 10.3. The van der Waals surface area contributed by atoms with E-state index in [0.717, 1.165) is 0 Å². The van der Waals surface area contributed by atoms with Crippen molar-refractivity contribution in [1.29, 1.82) is 0 Å². The number of rotatable bonds is 6. The molecule has 0 fully saturated rings. The SMILES string of the molecule is COc1ccc(CN(C)C(=O)c2ccc(NC(=O)c3ccccc3)cc2)cc1F. The quantitative estimate of drug-likeness (QED) is 0.678. The molecular weight excluding hydrogens is 371 g/mol. The number of amides is 2. The van der Waals surface area contributed by atoms with E-state index in [9.17, 15) is 14.0 Å². The lowest BCUT2D eigenvalue weighted by Gasteiger charge is -2.18. The summed E-state index contributed by atoms with van der Waals surface area (Å²) in [7, 11) is 3.05. The Bertz CT molecular complexity index is 1000. The van der Waals surface area contributed by atoms with Gasteiger partial charge in [-0.2, -0.15) is 0 Å². The van der Waals surface area contributed by atoms with E-state index < -0.39 is 5.82 Å². The van der Waals surface area contributed by atoms with E-state index in [0.29, 0.717) is 22.4 Å². The number of carbonyl (C=O) groups is 2. The molecule has 0 atom stereocenters. The molecule has 0 spiro atoms. The molecule has 29 heavy (non-hydrogen) atoms. The summed E-state index contributed by atoms with van der Waals surface area (Å²) >= 11 is 0. The van der Waals surface area contributed by atoms with Gasteiger partial charge in [-0.15, -0.1) is 0 Å². The average molecular weight is 392 g/mol. The van der Waals surface area contributed by atoms with Crippen LogP contribution in [-0.4, -0.2) is 30.9 Å². The average Bonchev–Trinajstić information content (AvgIpc) is 2.74. The van der Waals surface area contributed by atoms with Crippen molar-refractivity contribution >= 4 is 17.5 Å². The lowest BCUT2D eigenvalue weighted by molar-refractivity contribution is 0.0785. The smallest absolute Gasteiger partial charge is 0.255 e. The number of hydrogen-bond donors (Lipinski definition) is 1. The Hall–Kier alpha value is -3.67. The third-order valence-corrected chi connectivity index (χ3v) is 4.41. The highest BCUT2D eigenvalue weighted by Crippen LogP contribution is 2.19. The van der Waals surface area contributed by atoms with Gasteiger partial charge in [0.2, 0.25) is 0 Å². The summed E-state index contributed by atoms with van der Waals surface area (Å²) in [5, 5.41) is 2.79. The topological polar surface area (TPSA) is 58.6 Å². The fourth-order valence-corrected chi connectivity index (χ4v) is 2.86. The fourth-order valence-electron chi connectivity index (χ4n) is 2.86. The molecule has 2 amide bonds. The minimum absolute atomic E-state index is 0.163. The van der Waals surface area contributed by atoms with Gasteiger partial charge in [0.25, 0.3) is 11.8 Å². The van der Waals surface area contributed by atoms with Crippen LogP contribution in [0.25, 0.3) is 0 Å². The molecule has 6 heteroatoms. The standard InChI is InChI=1S/C23H21FN2O3/c1-26(15-16-8-13-21(29-2)20(24)14-16)23(28)18-9-11-19(12-10-18)25-22(27)17-6-4-3-5-7-17/h3-14H,15H2,1-2H3,(H,25,27). The number of nitrogens with one attached hydrogen (secondary N) is 1. The third-order valence-electron chi connectivity index (χ3n) is 4.41. The van der Waals surface area contributed by atoms with Crippen LogP contribution >= 0.6 is 0 Å². The van der Waals surface area contributed by atoms with Crippen LogP contribution in [0.3, 0.4) is 0 Å². The monoisotopic (exact) mass is 392 g/mol. The Morgan fingerprint density at radius 2 is 1.66 bits per heavy atom. The summed E-state index contributed by atoms with van der Waals surface area (Å²) in [4.78, 5) is 26.3. The summed E-state index contributed by atoms with van der Waals surface area (Å²) in [6.45, 7) is 0.256. The number of ether oxygens (including phenoxy) is 1. The molecule has 5 nitrogen and oxygen atoms in total. The molecule has 0 aliphatic carbocycles. The molecule has 3 aromatic carbocycles. The van der Waals surface area contributed by atoms with Gasteiger partial charge in [-0.3, -0.25) is 9.59 Å². The molecule has 3 aromatic rings. The molecule has 0 radical (unpaired) electrons. The van der Waals surface area contributed by atoms with E-state index in [4.69, 9.17) is 4.74 Å². The van der Waals surface area contributed by atoms with Crippen molar-refractivity contribution in [2.75, 3.05) is 19.5 Å². The molecule has 148 valence electrons. The minimum Gasteiger partial charge on any atom is -0.494 e. The lowest BCUT2D eigenvalue weighted by atomic mass is 10.1. The van der Waals surface area contributed by atoms with E-state index in [2.05, 4.69) is 5.32 Å². The maximum absolute atomic E-state index is 13.8. The highest BCUT2D eigenvalue weighted by molar-refractivity contribution is 6.04. The lowest BCUT2D eigenvalue weighted by Crippen LogP contribution is -2.26. The van der Waals surface area contributed by atoms with Gasteiger partial charge >= 0.3 is 0 Å². The van der Waals surface area contributed by atoms with Crippen molar-refractivity contribution in [3.05, 3.63) is 95.3 Å². The molecule has 0 bridgehead atoms. The zero-order valence-corrected chi connectivity index (χ0v) is 16.2.